The van der Waals surface area contributed by atoms with Crippen LogP contribution in [0.2, 0.25) is 15.1 Å². The van der Waals surface area contributed by atoms with E-state index in [-0.39, 0.29) is 12.1 Å². The molecule has 1 saturated heterocycles. The first-order valence-corrected chi connectivity index (χ1v) is 10.2. The molecule has 2 amide bonds. The highest BCUT2D eigenvalue weighted by molar-refractivity contribution is 6.42. The second-order valence-corrected chi connectivity index (χ2v) is 7.85. The van der Waals surface area contributed by atoms with Crippen LogP contribution in [-0.4, -0.2) is 43.3 Å². The van der Waals surface area contributed by atoms with Crippen LogP contribution < -0.4 is 10.6 Å². The van der Waals surface area contributed by atoms with Crippen LogP contribution in [0.1, 0.15) is 11.1 Å². The Kier molecular flexibility index (Phi) is 7.82. The van der Waals surface area contributed by atoms with Crippen molar-refractivity contribution in [1.29, 1.82) is 0 Å². The van der Waals surface area contributed by atoms with Gasteiger partial charge in [0.1, 0.15) is 0 Å². The molecule has 0 aliphatic carbocycles. The minimum atomic E-state index is -0.245. The van der Waals surface area contributed by atoms with Gasteiger partial charge >= 0.3 is 6.03 Å². The molecule has 2 aromatic rings. The third-order valence-corrected chi connectivity index (χ3v) is 5.61. The number of rotatable bonds is 6. The van der Waals surface area contributed by atoms with E-state index in [1.54, 1.807) is 6.07 Å². The number of morpholine rings is 1. The van der Waals surface area contributed by atoms with Crippen molar-refractivity contribution in [2.75, 3.05) is 26.2 Å². The number of ether oxygens (including phenoxy) is 1. The van der Waals surface area contributed by atoms with Crippen LogP contribution in [-0.2, 0) is 17.8 Å². The summed E-state index contributed by atoms with van der Waals surface area (Å²) in [5, 5.41) is 7.42. The topological polar surface area (TPSA) is 53.6 Å². The normalized spacial score (nSPS) is 17.3. The lowest BCUT2D eigenvalue weighted by molar-refractivity contribution is -0.0287. The van der Waals surface area contributed by atoms with E-state index in [0.29, 0.717) is 34.8 Å². The van der Waals surface area contributed by atoms with Crippen LogP contribution in [0.15, 0.2) is 42.5 Å². The number of benzene rings is 2. The van der Waals surface area contributed by atoms with Crippen molar-refractivity contribution in [2.24, 2.45) is 0 Å². The van der Waals surface area contributed by atoms with Gasteiger partial charge in [0.05, 0.1) is 22.8 Å². The summed E-state index contributed by atoms with van der Waals surface area (Å²) in [6.07, 6.45) is -0.0671. The van der Waals surface area contributed by atoms with Gasteiger partial charge in [0, 0.05) is 37.7 Å². The maximum atomic E-state index is 12.1. The molecule has 2 aromatic carbocycles. The maximum Gasteiger partial charge on any atom is 0.315 e. The fraction of sp³-hybridized carbons (Fsp3) is 0.350. The fourth-order valence-electron chi connectivity index (χ4n) is 3.03. The van der Waals surface area contributed by atoms with Crippen LogP contribution in [0, 0.1) is 0 Å². The van der Waals surface area contributed by atoms with Crippen LogP contribution in [0.4, 0.5) is 4.79 Å². The van der Waals surface area contributed by atoms with Crippen molar-refractivity contribution in [3.05, 3.63) is 68.7 Å². The molecule has 0 bridgehead atoms. The average Bonchev–Trinajstić information content (AvgIpc) is 2.69. The molecule has 0 radical (unpaired) electrons. The summed E-state index contributed by atoms with van der Waals surface area (Å²) in [4.78, 5) is 14.3. The van der Waals surface area contributed by atoms with Gasteiger partial charge in [0.2, 0.25) is 0 Å². The lowest BCUT2D eigenvalue weighted by atomic mass is 10.2. The fourth-order valence-corrected chi connectivity index (χ4v) is 3.55. The molecule has 0 saturated carbocycles. The summed E-state index contributed by atoms with van der Waals surface area (Å²) in [5.41, 5.74) is 1.97. The Morgan fingerprint density at radius 2 is 1.89 bits per heavy atom. The molecule has 0 spiro atoms. The summed E-state index contributed by atoms with van der Waals surface area (Å²) in [6.45, 7) is 3.75. The number of hydrogen-bond donors (Lipinski definition) is 2. The Balaban J connectivity index is 1.42. The van der Waals surface area contributed by atoms with E-state index in [9.17, 15) is 4.79 Å². The average molecular weight is 443 g/mol. The van der Waals surface area contributed by atoms with Crippen molar-refractivity contribution in [2.45, 2.75) is 19.2 Å². The standard InChI is InChI=1S/C20H22Cl3N3O2/c21-17-4-2-1-3-15(17)10-24-20(27)25-11-16-13-26(7-8-28-16)12-14-5-6-18(22)19(23)9-14/h1-6,9,16H,7-8,10-13H2,(H2,24,25,27). The highest BCUT2D eigenvalue weighted by Gasteiger charge is 2.21. The van der Waals surface area contributed by atoms with Crippen LogP contribution >= 0.6 is 34.8 Å². The van der Waals surface area contributed by atoms with Crippen LogP contribution in [0.25, 0.3) is 0 Å². The lowest BCUT2D eigenvalue weighted by Gasteiger charge is -2.33. The number of halogens is 3. The molecule has 1 fully saturated rings. The SMILES string of the molecule is O=C(NCc1ccccc1Cl)NCC1CN(Cc2ccc(Cl)c(Cl)c2)CCO1. The van der Waals surface area contributed by atoms with E-state index in [1.165, 1.54) is 0 Å². The minimum Gasteiger partial charge on any atom is -0.374 e. The first kappa shape index (κ1) is 21.2. The molecule has 8 heteroatoms. The molecule has 2 N–H and O–H groups in total. The third kappa shape index (κ3) is 6.26. The molecule has 3 rings (SSSR count). The van der Waals surface area contributed by atoms with E-state index >= 15 is 0 Å². The van der Waals surface area contributed by atoms with Gasteiger partial charge in [-0.15, -0.1) is 0 Å². The van der Waals surface area contributed by atoms with Gasteiger partial charge in [-0.2, -0.15) is 0 Å². The molecule has 1 heterocycles. The molecule has 5 nitrogen and oxygen atoms in total. The summed E-state index contributed by atoms with van der Waals surface area (Å²) in [7, 11) is 0. The number of nitrogens with one attached hydrogen (secondary N) is 2. The van der Waals surface area contributed by atoms with E-state index in [4.69, 9.17) is 39.5 Å². The highest BCUT2D eigenvalue weighted by Crippen LogP contribution is 2.23. The Morgan fingerprint density at radius 3 is 2.68 bits per heavy atom. The zero-order valence-corrected chi connectivity index (χ0v) is 17.5. The third-order valence-electron chi connectivity index (χ3n) is 4.50. The van der Waals surface area contributed by atoms with Crippen molar-refractivity contribution in [3.8, 4) is 0 Å². The van der Waals surface area contributed by atoms with E-state index in [1.807, 2.05) is 36.4 Å². The predicted molar refractivity (Wildman–Crippen MR) is 113 cm³/mol. The summed E-state index contributed by atoms with van der Waals surface area (Å²) >= 11 is 18.2. The van der Waals surface area contributed by atoms with Crippen molar-refractivity contribution < 1.29 is 9.53 Å². The number of carbonyl (C=O) groups excluding carboxylic acids is 1. The Bertz CT molecular complexity index is 819. The van der Waals surface area contributed by atoms with Crippen molar-refractivity contribution in [3.63, 3.8) is 0 Å². The van der Waals surface area contributed by atoms with E-state index in [2.05, 4.69) is 15.5 Å². The van der Waals surface area contributed by atoms with Gasteiger partial charge in [-0.1, -0.05) is 59.1 Å². The first-order valence-electron chi connectivity index (χ1n) is 9.04. The molecule has 1 aliphatic heterocycles. The number of hydrogen-bond acceptors (Lipinski definition) is 3. The van der Waals surface area contributed by atoms with Gasteiger partial charge in [-0.3, -0.25) is 4.90 Å². The molecule has 28 heavy (non-hydrogen) atoms. The van der Waals surface area contributed by atoms with Gasteiger partial charge < -0.3 is 15.4 Å². The summed E-state index contributed by atoms with van der Waals surface area (Å²) in [5.74, 6) is 0. The zero-order chi connectivity index (χ0) is 19.9. The van der Waals surface area contributed by atoms with Gasteiger partial charge in [0.15, 0.2) is 0 Å². The molecular formula is C20H22Cl3N3O2. The molecule has 1 aliphatic rings. The Morgan fingerprint density at radius 1 is 1.07 bits per heavy atom. The second-order valence-electron chi connectivity index (χ2n) is 6.63. The molecular weight excluding hydrogens is 421 g/mol. The number of urea groups is 1. The molecule has 150 valence electrons. The van der Waals surface area contributed by atoms with Gasteiger partial charge in [-0.05, 0) is 29.3 Å². The number of amides is 2. The molecule has 1 unspecified atom stereocenters. The predicted octanol–water partition coefficient (Wildman–Crippen LogP) is 4.35. The smallest absolute Gasteiger partial charge is 0.315 e. The van der Waals surface area contributed by atoms with E-state index < -0.39 is 0 Å². The van der Waals surface area contributed by atoms with Crippen LogP contribution in [0.5, 0.6) is 0 Å². The Hall–Kier alpha value is -1.50. The Labute approximate surface area is 179 Å². The van der Waals surface area contributed by atoms with Gasteiger partial charge in [-0.25, -0.2) is 4.79 Å². The first-order chi connectivity index (χ1) is 13.5. The molecule has 1 atom stereocenters. The van der Waals surface area contributed by atoms with Crippen molar-refractivity contribution in [1.82, 2.24) is 15.5 Å². The van der Waals surface area contributed by atoms with Crippen molar-refractivity contribution >= 4 is 40.8 Å². The summed E-state index contributed by atoms with van der Waals surface area (Å²) < 4.78 is 5.77. The van der Waals surface area contributed by atoms with E-state index in [0.717, 1.165) is 30.8 Å². The minimum absolute atomic E-state index is 0.0671. The molecule has 0 aromatic heterocycles. The van der Waals surface area contributed by atoms with Gasteiger partial charge in [0.25, 0.3) is 0 Å². The highest BCUT2D eigenvalue weighted by atomic mass is 35.5. The number of nitrogens with zero attached hydrogens (tertiary/aromatic N) is 1. The largest absolute Gasteiger partial charge is 0.374 e. The maximum absolute atomic E-state index is 12.1. The second kappa shape index (κ2) is 10.3. The zero-order valence-electron chi connectivity index (χ0n) is 15.3. The quantitative estimate of drug-likeness (QED) is 0.699. The summed E-state index contributed by atoms with van der Waals surface area (Å²) in [6, 6.07) is 12.8. The van der Waals surface area contributed by atoms with Crippen LogP contribution in [0.3, 0.4) is 0 Å². The lowest BCUT2D eigenvalue weighted by Crippen LogP contribution is -2.48. The number of carbonyl (C=O) groups is 1. The monoisotopic (exact) mass is 441 g/mol.